The molecular formula is C17H14ClN3OS2. The lowest BCUT2D eigenvalue weighted by Crippen LogP contribution is -2.16. The molecule has 0 radical (unpaired) electrons. The van der Waals surface area contributed by atoms with Crippen LogP contribution in [-0.4, -0.2) is 21.4 Å². The highest BCUT2D eigenvalue weighted by molar-refractivity contribution is 8.00. The summed E-state index contributed by atoms with van der Waals surface area (Å²) < 4.78 is 1.85. The fraction of sp³-hybridized carbons (Fsp3) is 0.176. The van der Waals surface area contributed by atoms with Gasteiger partial charge in [-0.2, -0.15) is 16.4 Å². The van der Waals surface area contributed by atoms with Crippen molar-refractivity contribution in [3.8, 4) is 0 Å². The van der Waals surface area contributed by atoms with E-state index in [-0.39, 0.29) is 11.2 Å². The van der Waals surface area contributed by atoms with Crippen LogP contribution in [0.3, 0.4) is 0 Å². The van der Waals surface area contributed by atoms with Gasteiger partial charge in [-0.15, -0.1) is 11.8 Å². The minimum Gasteiger partial charge on any atom is -0.310 e. The van der Waals surface area contributed by atoms with Crippen molar-refractivity contribution in [3.63, 3.8) is 0 Å². The predicted molar refractivity (Wildman–Crippen MR) is 100 cm³/mol. The van der Waals surface area contributed by atoms with Gasteiger partial charge in [-0.1, -0.05) is 23.7 Å². The van der Waals surface area contributed by atoms with Crippen LogP contribution < -0.4 is 5.32 Å². The number of thioether (sulfide) groups is 1. The van der Waals surface area contributed by atoms with Crippen molar-refractivity contribution in [1.82, 2.24) is 9.78 Å². The number of halogens is 1. The normalized spacial score (nSPS) is 17.2. The number of hydrogen-bond donors (Lipinski definition) is 1. The van der Waals surface area contributed by atoms with Crippen LogP contribution in [-0.2, 0) is 11.3 Å². The first kappa shape index (κ1) is 15.7. The van der Waals surface area contributed by atoms with Crippen LogP contribution in [0, 0.1) is 0 Å². The second kappa shape index (κ2) is 6.63. The van der Waals surface area contributed by atoms with Crippen LogP contribution in [0.4, 0.5) is 5.82 Å². The van der Waals surface area contributed by atoms with Gasteiger partial charge in [-0.3, -0.25) is 4.79 Å². The number of aromatic nitrogens is 2. The Morgan fingerprint density at radius 3 is 2.88 bits per heavy atom. The van der Waals surface area contributed by atoms with Gasteiger partial charge in [0.05, 0.1) is 23.7 Å². The van der Waals surface area contributed by atoms with Crippen molar-refractivity contribution < 1.29 is 4.79 Å². The molecule has 1 N–H and O–H groups in total. The number of carbonyl (C=O) groups excluding carboxylic acids is 1. The summed E-state index contributed by atoms with van der Waals surface area (Å²) in [6.45, 7) is 0.591. The van der Waals surface area contributed by atoms with Crippen LogP contribution in [0.2, 0.25) is 5.02 Å². The van der Waals surface area contributed by atoms with E-state index in [0.717, 1.165) is 16.9 Å². The van der Waals surface area contributed by atoms with Gasteiger partial charge >= 0.3 is 0 Å². The smallest absolute Gasteiger partial charge is 0.235 e. The van der Waals surface area contributed by atoms with E-state index in [2.05, 4.69) is 27.2 Å². The Labute approximate surface area is 152 Å². The lowest BCUT2D eigenvalue weighted by atomic mass is 10.1. The number of benzene rings is 1. The number of amides is 1. The Kier molecular flexibility index (Phi) is 4.35. The van der Waals surface area contributed by atoms with Gasteiger partial charge in [0.2, 0.25) is 5.91 Å². The van der Waals surface area contributed by atoms with E-state index in [0.29, 0.717) is 17.3 Å². The predicted octanol–water partition coefficient (Wildman–Crippen LogP) is 4.42. The zero-order chi connectivity index (χ0) is 16.5. The van der Waals surface area contributed by atoms with E-state index in [1.54, 1.807) is 23.1 Å². The SMILES string of the molecule is O=C1CS[C@@H](c2ccsc2)c2cnn(Cc3ccc(Cl)cc3)c2N1. The largest absolute Gasteiger partial charge is 0.310 e. The molecule has 0 bridgehead atoms. The third-order valence-electron chi connectivity index (χ3n) is 3.88. The van der Waals surface area contributed by atoms with Crippen molar-refractivity contribution >= 4 is 46.4 Å². The van der Waals surface area contributed by atoms with E-state index in [9.17, 15) is 4.79 Å². The highest BCUT2D eigenvalue weighted by atomic mass is 35.5. The van der Waals surface area contributed by atoms with Gasteiger partial charge in [0.1, 0.15) is 5.82 Å². The standard InChI is InChI=1S/C17H14ClN3OS2/c18-13-3-1-11(2-4-13)8-21-17-14(7-19-21)16(12-5-6-23-9-12)24-10-15(22)20-17/h1-7,9,16H,8,10H2,(H,20,22)/t16-/m0/s1. The fourth-order valence-electron chi connectivity index (χ4n) is 2.73. The molecule has 7 heteroatoms. The summed E-state index contributed by atoms with van der Waals surface area (Å²) in [6, 6.07) is 9.78. The third kappa shape index (κ3) is 3.09. The number of thiophene rings is 1. The maximum absolute atomic E-state index is 12.1. The zero-order valence-electron chi connectivity index (χ0n) is 12.6. The van der Waals surface area contributed by atoms with E-state index in [1.807, 2.05) is 35.1 Å². The van der Waals surface area contributed by atoms with E-state index >= 15 is 0 Å². The molecule has 4 nitrogen and oxygen atoms in total. The summed E-state index contributed by atoms with van der Waals surface area (Å²) in [5, 5.41) is 12.6. The van der Waals surface area contributed by atoms with E-state index < -0.39 is 0 Å². The van der Waals surface area contributed by atoms with Gasteiger partial charge in [0.25, 0.3) is 0 Å². The average molecular weight is 376 g/mol. The molecule has 2 aromatic heterocycles. The Morgan fingerprint density at radius 1 is 1.29 bits per heavy atom. The molecule has 0 spiro atoms. The molecular weight excluding hydrogens is 362 g/mol. The van der Waals surface area contributed by atoms with Gasteiger partial charge in [0, 0.05) is 10.6 Å². The summed E-state index contributed by atoms with van der Waals surface area (Å²) in [7, 11) is 0. The number of hydrogen-bond acceptors (Lipinski definition) is 4. The molecule has 0 aliphatic carbocycles. The molecule has 24 heavy (non-hydrogen) atoms. The molecule has 0 fully saturated rings. The molecule has 4 rings (SSSR count). The monoisotopic (exact) mass is 375 g/mol. The molecule has 1 aliphatic heterocycles. The molecule has 0 saturated carbocycles. The van der Waals surface area contributed by atoms with Crippen LogP contribution in [0.15, 0.2) is 47.3 Å². The highest BCUT2D eigenvalue weighted by Gasteiger charge is 2.27. The first-order chi connectivity index (χ1) is 11.7. The first-order valence-electron chi connectivity index (χ1n) is 7.44. The molecule has 3 heterocycles. The van der Waals surface area contributed by atoms with Crippen LogP contribution in [0.1, 0.15) is 21.9 Å². The number of rotatable bonds is 3. The highest BCUT2D eigenvalue weighted by Crippen LogP contribution is 2.42. The van der Waals surface area contributed by atoms with Crippen molar-refractivity contribution in [2.45, 2.75) is 11.8 Å². The van der Waals surface area contributed by atoms with Crippen LogP contribution in [0.25, 0.3) is 0 Å². The molecule has 1 aromatic carbocycles. The van der Waals surface area contributed by atoms with Crippen LogP contribution in [0.5, 0.6) is 0 Å². The maximum atomic E-state index is 12.1. The van der Waals surface area contributed by atoms with Crippen molar-refractivity contribution in [2.75, 3.05) is 11.1 Å². The van der Waals surface area contributed by atoms with Crippen LogP contribution >= 0.6 is 34.7 Å². The molecule has 1 amide bonds. The van der Waals surface area contributed by atoms with Gasteiger partial charge < -0.3 is 5.32 Å². The third-order valence-corrected chi connectivity index (χ3v) is 6.12. The number of anilines is 1. The minimum absolute atomic E-state index is 0.0110. The van der Waals surface area contributed by atoms with Crippen molar-refractivity contribution in [1.29, 1.82) is 0 Å². The summed E-state index contributed by atoms with van der Waals surface area (Å²) in [6.07, 6.45) is 1.87. The Morgan fingerprint density at radius 2 is 2.12 bits per heavy atom. The van der Waals surface area contributed by atoms with E-state index in [1.165, 1.54) is 5.56 Å². The molecule has 3 aromatic rings. The molecule has 0 unspecified atom stereocenters. The summed E-state index contributed by atoms with van der Waals surface area (Å²) >= 11 is 9.25. The summed E-state index contributed by atoms with van der Waals surface area (Å²) in [5.41, 5.74) is 3.36. The number of nitrogens with zero attached hydrogens (tertiary/aromatic N) is 2. The second-order valence-corrected chi connectivity index (χ2v) is 7.84. The zero-order valence-corrected chi connectivity index (χ0v) is 15.0. The lowest BCUT2D eigenvalue weighted by molar-refractivity contribution is -0.113. The van der Waals surface area contributed by atoms with Crippen molar-refractivity contribution in [2.24, 2.45) is 0 Å². The quantitative estimate of drug-likeness (QED) is 0.737. The topological polar surface area (TPSA) is 46.9 Å². The van der Waals surface area contributed by atoms with Gasteiger partial charge in [-0.05, 0) is 40.1 Å². The minimum atomic E-state index is 0.0110. The summed E-state index contributed by atoms with van der Waals surface area (Å²) in [4.78, 5) is 12.1. The molecule has 1 aliphatic rings. The Bertz CT molecular complexity index is 859. The number of fused-ring (bicyclic) bond motifs is 1. The Hall–Kier alpha value is -1.76. The number of carbonyl (C=O) groups is 1. The number of nitrogens with one attached hydrogen (secondary N) is 1. The summed E-state index contributed by atoms with van der Waals surface area (Å²) in [5.74, 6) is 1.24. The lowest BCUT2D eigenvalue weighted by Gasteiger charge is -2.12. The molecule has 122 valence electrons. The molecule has 1 atom stereocenters. The Balaban J connectivity index is 1.71. The molecule has 0 saturated heterocycles. The first-order valence-corrected chi connectivity index (χ1v) is 9.81. The second-order valence-electron chi connectivity index (χ2n) is 5.53. The van der Waals surface area contributed by atoms with Gasteiger partial charge in [0.15, 0.2) is 0 Å². The average Bonchev–Trinajstić information content (AvgIpc) is 3.19. The van der Waals surface area contributed by atoms with E-state index in [4.69, 9.17) is 11.6 Å². The van der Waals surface area contributed by atoms with Crippen molar-refractivity contribution in [3.05, 3.63) is 69.0 Å². The van der Waals surface area contributed by atoms with Gasteiger partial charge in [-0.25, -0.2) is 4.68 Å². The fourth-order valence-corrected chi connectivity index (χ4v) is 4.71. The maximum Gasteiger partial charge on any atom is 0.235 e.